The second-order valence-electron chi connectivity index (χ2n) is 5.02. The van der Waals surface area contributed by atoms with E-state index in [9.17, 15) is 29.0 Å². The highest BCUT2D eigenvalue weighted by atomic mass is 32.5. The number of ether oxygens (including phenoxy) is 1. The topological polar surface area (TPSA) is 75.0 Å². The van der Waals surface area contributed by atoms with Crippen LogP contribution in [0.25, 0.3) is 0 Å². The molecule has 0 aliphatic carbocycles. The average molecular weight is 388 g/mol. The van der Waals surface area contributed by atoms with E-state index in [-0.39, 0.29) is 23.3 Å². The van der Waals surface area contributed by atoms with Gasteiger partial charge in [0.2, 0.25) is 0 Å². The highest BCUT2D eigenvalue weighted by Crippen LogP contribution is 3.02. The molecule has 0 bridgehead atoms. The van der Waals surface area contributed by atoms with Crippen molar-refractivity contribution in [3.63, 3.8) is 0 Å². The van der Waals surface area contributed by atoms with Crippen LogP contribution < -0.4 is 15.9 Å². The van der Waals surface area contributed by atoms with Gasteiger partial charge in [0.15, 0.2) is 0 Å². The van der Waals surface area contributed by atoms with Crippen molar-refractivity contribution in [2.75, 3.05) is 6.61 Å². The molecule has 2 aromatic rings. The third kappa shape index (κ3) is 3.29. The number of hydrogen-bond donors (Lipinski definition) is 2. The van der Waals surface area contributed by atoms with E-state index in [0.717, 1.165) is 17.8 Å². The van der Waals surface area contributed by atoms with E-state index in [1.807, 2.05) is 0 Å². The highest BCUT2D eigenvalue weighted by molar-refractivity contribution is 8.45. The van der Waals surface area contributed by atoms with Gasteiger partial charge in [-0.05, 0) is 12.1 Å². The third-order valence-corrected chi connectivity index (χ3v) is 5.60. The fraction of sp³-hybridized carbons (Fsp3) is 0.167. The number of thioether (sulfide) groups is 1. The van der Waals surface area contributed by atoms with Crippen molar-refractivity contribution in [3.8, 4) is 5.75 Å². The summed E-state index contributed by atoms with van der Waals surface area (Å²) in [7, 11) is -9.77. The van der Waals surface area contributed by atoms with E-state index in [4.69, 9.17) is 4.74 Å². The van der Waals surface area contributed by atoms with Gasteiger partial charge in [0.1, 0.15) is 17.3 Å². The number of nitrogens with one attached hydrogen (secondary N) is 2. The lowest BCUT2D eigenvalue weighted by Crippen LogP contribution is -2.31. The summed E-state index contributed by atoms with van der Waals surface area (Å²) >= 11 is 1.03. The fourth-order valence-electron chi connectivity index (χ4n) is 2.05. The second kappa shape index (κ2) is 4.57. The molecule has 12 heteroatoms. The van der Waals surface area contributed by atoms with E-state index in [2.05, 4.69) is 9.97 Å². The number of hydrogen-bond acceptors (Lipinski definition) is 4. The third-order valence-electron chi connectivity index (χ3n) is 3.19. The van der Waals surface area contributed by atoms with Crippen LogP contribution in [0.15, 0.2) is 43.8 Å². The molecule has 5 nitrogen and oxygen atoms in total. The lowest BCUT2D eigenvalue weighted by atomic mass is 10.3. The van der Waals surface area contributed by atoms with Gasteiger partial charge in [-0.2, -0.15) is 0 Å². The predicted octanol–water partition coefficient (Wildman–Crippen LogP) is 3.95. The summed E-state index contributed by atoms with van der Waals surface area (Å²) in [6, 6.07) is 1.47. The number of fused-ring (bicyclic) bond motifs is 1. The zero-order valence-corrected chi connectivity index (χ0v) is 13.2. The first-order valence-electron chi connectivity index (χ1n) is 6.33. The fourth-order valence-corrected chi connectivity index (χ4v) is 3.78. The van der Waals surface area contributed by atoms with Gasteiger partial charge < -0.3 is 14.7 Å². The van der Waals surface area contributed by atoms with E-state index >= 15 is 0 Å². The zero-order valence-electron chi connectivity index (χ0n) is 11.5. The van der Waals surface area contributed by atoms with Crippen molar-refractivity contribution in [1.82, 2.24) is 9.97 Å². The van der Waals surface area contributed by atoms with Crippen molar-refractivity contribution < 1.29 is 24.2 Å². The van der Waals surface area contributed by atoms with Gasteiger partial charge in [0.25, 0.3) is 0 Å². The van der Waals surface area contributed by atoms with Gasteiger partial charge in [-0.15, -0.1) is 11.8 Å². The van der Waals surface area contributed by atoms with Crippen molar-refractivity contribution in [2.24, 2.45) is 0 Å². The van der Waals surface area contributed by atoms with Crippen molar-refractivity contribution >= 4 is 22.0 Å². The number of rotatable bonds is 2. The van der Waals surface area contributed by atoms with Gasteiger partial charge in [-0.1, -0.05) is 19.4 Å². The van der Waals surface area contributed by atoms with E-state index < -0.39 is 31.5 Å². The van der Waals surface area contributed by atoms with Gasteiger partial charge in [-0.3, -0.25) is 9.59 Å². The number of benzene rings is 1. The normalized spacial score (nSPS) is 20.5. The molecule has 2 heterocycles. The number of halogens is 5. The Morgan fingerprint density at radius 1 is 1.12 bits per heavy atom. The molecule has 1 aliphatic rings. The first-order chi connectivity index (χ1) is 10.8. The van der Waals surface area contributed by atoms with Crippen LogP contribution in [0.1, 0.15) is 10.9 Å². The van der Waals surface area contributed by atoms with Crippen LogP contribution in [0.3, 0.4) is 0 Å². The maximum atomic E-state index is 12.8. The molecule has 0 saturated carbocycles. The van der Waals surface area contributed by atoms with E-state index in [1.54, 1.807) is 0 Å². The summed E-state index contributed by atoms with van der Waals surface area (Å²) in [4.78, 5) is 25.1. The Morgan fingerprint density at radius 3 is 2.46 bits per heavy atom. The maximum absolute atomic E-state index is 12.8. The number of aromatic amines is 2. The monoisotopic (exact) mass is 388 g/mol. The Hall–Kier alpha value is -1.95. The summed E-state index contributed by atoms with van der Waals surface area (Å²) in [6.07, 6.45) is 1.25. The molecule has 24 heavy (non-hydrogen) atoms. The van der Waals surface area contributed by atoms with Crippen molar-refractivity contribution in [1.29, 1.82) is 0 Å². The molecule has 1 atom stereocenters. The molecule has 3 rings (SSSR count). The lowest BCUT2D eigenvalue weighted by molar-refractivity contribution is 0.299. The molecule has 0 spiro atoms. The molecule has 0 saturated heterocycles. The lowest BCUT2D eigenvalue weighted by Gasteiger charge is -2.41. The Kier molecular flexibility index (Phi) is 3.21. The Bertz CT molecular complexity index is 939. The smallest absolute Gasteiger partial charge is 0.313 e. The largest absolute Gasteiger partial charge is 0.491 e. The van der Waals surface area contributed by atoms with E-state index in [1.165, 1.54) is 6.20 Å². The standard InChI is InChI=1S/C12H9F5N2O3S2/c13-24(14,15,16,17)6-1-2-9-8(3-6)22-5-10(23-9)7-4-18-11(20)12(21)19-7/h1-4,10H,5H2,(H,18,20)(H,19,21)/t10-/m0/s1. The second-order valence-corrected chi connectivity index (χ2v) is 8.68. The van der Waals surface area contributed by atoms with Crippen LogP contribution >= 0.6 is 22.0 Å². The molecule has 2 N–H and O–H groups in total. The van der Waals surface area contributed by atoms with Gasteiger partial charge >= 0.3 is 21.3 Å². The van der Waals surface area contributed by atoms with Crippen LogP contribution in [-0.2, 0) is 0 Å². The van der Waals surface area contributed by atoms with E-state index in [0.29, 0.717) is 11.8 Å². The van der Waals surface area contributed by atoms with Gasteiger partial charge in [0, 0.05) is 12.3 Å². The van der Waals surface area contributed by atoms with Crippen LogP contribution in [0.2, 0.25) is 0 Å². The van der Waals surface area contributed by atoms with Gasteiger partial charge in [0.05, 0.1) is 15.8 Å². The first-order valence-corrected chi connectivity index (χ1v) is 9.16. The molecule has 0 unspecified atom stereocenters. The van der Waals surface area contributed by atoms with Gasteiger partial charge in [-0.25, -0.2) is 0 Å². The Labute approximate surface area is 135 Å². The minimum Gasteiger partial charge on any atom is -0.491 e. The molecule has 0 amide bonds. The number of aromatic nitrogens is 2. The SMILES string of the molecule is O=c1[nH]cc([C@@H]2COc3cc(S(F)(F)(F)(F)F)ccc3S2)[nH]c1=O. The minimum atomic E-state index is -9.77. The average Bonchev–Trinajstić information content (AvgIpc) is 2.46. The van der Waals surface area contributed by atoms with Crippen molar-refractivity contribution in [2.45, 2.75) is 15.0 Å². The molecule has 0 fully saturated rings. The summed E-state index contributed by atoms with van der Waals surface area (Å²) in [5.74, 6) is -0.311. The Balaban J connectivity index is 1.94. The summed E-state index contributed by atoms with van der Waals surface area (Å²) in [5, 5.41) is -0.520. The molecule has 1 aromatic carbocycles. The summed E-state index contributed by atoms with van der Waals surface area (Å²) in [6.45, 7) is -0.163. The molecule has 1 aliphatic heterocycles. The predicted molar refractivity (Wildman–Crippen MR) is 79.6 cm³/mol. The van der Waals surface area contributed by atoms with Crippen LogP contribution in [0.4, 0.5) is 19.4 Å². The quantitative estimate of drug-likeness (QED) is 0.604. The van der Waals surface area contributed by atoms with Crippen LogP contribution in [0, 0.1) is 0 Å². The molecular weight excluding hydrogens is 379 g/mol. The minimum absolute atomic E-state index is 0.163. The molecular formula is C12H9F5N2O3S2. The van der Waals surface area contributed by atoms with Crippen molar-refractivity contribution in [3.05, 3.63) is 50.8 Å². The first kappa shape index (κ1) is 16.9. The zero-order chi connectivity index (χ0) is 17.8. The Morgan fingerprint density at radius 2 is 1.83 bits per heavy atom. The maximum Gasteiger partial charge on any atom is 0.313 e. The molecule has 132 valence electrons. The van der Waals surface area contributed by atoms with Crippen LogP contribution in [0.5, 0.6) is 5.75 Å². The molecule has 0 radical (unpaired) electrons. The summed E-state index contributed by atoms with van der Waals surface area (Å²) < 4.78 is 69.2. The van der Waals surface area contributed by atoms with Crippen LogP contribution in [-0.4, -0.2) is 16.6 Å². The molecule has 1 aromatic heterocycles. The highest BCUT2D eigenvalue weighted by Gasteiger charge is 2.65. The summed E-state index contributed by atoms with van der Waals surface area (Å²) in [5.41, 5.74) is -1.43. The number of H-pyrrole nitrogens is 2.